The third kappa shape index (κ3) is 4.87. The van der Waals surface area contributed by atoms with Crippen molar-refractivity contribution in [3.63, 3.8) is 0 Å². The monoisotopic (exact) mass is 416 g/mol. The molecular formula is C17H24N2O6S2. The van der Waals surface area contributed by atoms with Gasteiger partial charge in [-0.25, -0.2) is 16.8 Å². The van der Waals surface area contributed by atoms with Crippen LogP contribution in [0.5, 0.6) is 0 Å². The fraction of sp³-hybridized carbons (Fsp3) is 0.588. The van der Waals surface area contributed by atoms with Gasteiger partial charge in [0.05, 0.1) is 27.8 Å². The zero-order chi connectivity index (χ0) is 19.7. The Balaban J connectivity index is 1.78. The van der Waals surface area contributed by atoms with E-state index in [4.69, 9.17) is 4.74 Å². The summed E-state index contributed by atoms with van der Waals surface area (Å²) < 4.78 is 55.8. The molecule has 0 bridgehead atoms. The molecule has 2 fully saturated rings. The fourth-order valence-electron chi connectivity index (χ4n) is 3.51. The normalized spacial score (nSPS) is 27.5. The average Bonchev–Trinajstić information content (AvgIpc) is 3.20. The highest BCUT2D eigenvalue weighted by molar-refractivity contribution is 7.96. The topological polar surface area (TPSA) is 119 Å². The third-order valence-corrected chi connectivity index (χ3v) is 9.00. The van der Waals surface area contributed by atoms with E-state index in [-0.39, 0.29) is 22.7 Å². The Kier molecular flexibility index (Phi) is 5.90. The van der Waals surface area contributed by atoms with E-state index in [1.54, 1.807) is 0 Å². The number of nitrogens with one attached hydrogen (secondary N) is 2. The van der Waals surface area contributed by atoms with Crippen molar-refractivity contribution in [1.82, 2.24) is 5.32 Å². The Hall–Kier alpha value is -1.49. The first-order valence-corrected chi connectivity index (χ1v) is 12.2. The van der Waals surface area contributed by atoms with Gasteiger partial charge in [0.2, 0.25) is 5.91 Å². The van der Waals surface area contributed by atoms with E-state index in [0.29, 0.717) is 18.8 Å². The molecule has 1 aromatic rings. The van der Waals surface area contributed by atoms with Crippen molar-refractivity contribution in [2.24, 2.45) is 0 Å². The van der Waals surface area contributed by atoms with E-state index in [0.717, 1.165) is 12.8 Å². The minimum absolute atomic E-state index is 0.00593. The lowest BCUT2D eigenvalue weighted by Gasteiger charge is -2.21. The van der Waals surface area contributed by atoms with E-state index < -0.39 is 36.7 Å². The van der Waals surface area contributed by atoms with Gasteiger partial charge in [0.15, 0.2) is 19.7 Å². The average molecular weight is 417 g/mol. The molecule has 0 radical (unpaired) electrons. The van der Waals surface area contributed by atoms with E-state index in [1.165, 1.54) is 31.2 Å². The first kappa shape index (κ1) is 20.2. The molecule has 3 rings (SSSR count). The number of sulfone groups is 2. The van der Waals surface area contributed by atoms with Crippen molar-refractivity contribution in [3.8, 4) is 0 Å². The molecule has 0 aromatic heterocycles. The highest BCUT2D eigenvalue weighted by Gasteiger charge is 2.45. The number of hydrogen-bond donors (Lipinski definition) is 2. The van der Waals surface area contributed by atoms with Crippen LogP contribution in [0.25, 0.3) is 0 Å². The number of carbonyl (C=O) groups is 1. The molecule has 1 amide bonds. The van der Waals surface area contributed by atoms with Crippen LogP contribution in [-0.2, 0) is 29.2 Å². The van der Waals surface area contributed by atoms with Gasteiger partial charge in [-0.15, -0.1) is 0 Å². The van der Waals surface area contributed by atoms with Crippen LogP contribution in [0.15, 0.2) is 29.2 Å². The molecular weight excluding hydrogens is 392 g/mol. The summed E-state index contributed by atoms with van der Waals surface area (Å²) in [6.07, 6.45) is 1.83. The van der Waals surface area contributed by atoms with Gasteiger partial charge in [0, 0.05) is 31.8 Å². The highest BCUT2D eigenvalue weighted by Crippen LogP contribution is 2.27. The molecule has 0 saturated carbocycles. The van der Waals surface area contributed by atoms with Gasteiger partial charge in [-0.1, -0.05) is 0 Å². The molecule has 2 aliphatic heterocycles. The Morgan fingerprint density at radius 3 is 2.52 bits per heavy atom. The molecule has 8 nitrogen and oxygen atoms in total. The van der Waals surface area contributed by atoms with E-state index in [2.05, 4.69) is 10.6 Å². The number of benzene rings is 1. The summed E-state index contributed by atoms with van der Waals surface area (Å²) >= 11 is 0. The van der Waals surface area contributed by atoms with Gasteiger partial charge < -0.3 is 15.4 Å². The molecule has 0 aliphatic carbocycles. The van der Waals surface area contributed by atoms with E-state index in [1.807, 2.05) is 0 Å². The molecule has 27 heavy (non-hydrogen) atoms. The Bertz CT molecular complexity index is 890. The van der Waals surface area contributed by atoms with Gasteiger partial charge in [0.1, 0.15) is 0 Å². The van der Waals surface area contributed by atoms with Crippen molar-refractivity contribution in [2.45, 2.75) is 42.1 Å². The molecule has 0 spiro atoms. The lowest BCUT2D eigenvalue weighted by molar-refractivity contribution is -0.114. The molecule has 3 atom stereocenters. The summed E-state index contributed by atoms with van der Waals surface area (Å²) in [6, 6.07) is 5.10. The van der Waals surface area contributed by atoms with Crippen molar-refractivity contribution in [1.29, 1.82) is 0 Å². The fourth-order valence-corrected chi connectivity index (χ4v) is 8.22. The van der Waals surface area contributed by atoms with Crippen LogP contribution in [0.2, 0.25) is 0 Å². The molecule has 2 saturated heterocycles. The number of amides is 1. The van der Waals surface area contributed by atoms with Crippen LogP contribution < -0.4 is 10.6 Å². The first-order chi connectivity index (χ1) is 12.7. The number of anilines is 1. The minimum Gasteiger partial charge on any atom is -0.377 e. The van der Waals surface area contributed by atoms with Crippen molar-refractivity contribution in [3.05, 3.63) is 24.3 Å². The lowest BCUT2D eigenvalue weighted by atomic mass is 10.2. The van der Waals surface area contributed by atoms with Crippen LogP contribution in [-0.4, -0.2) is 64.8 Å². The zero-order valence-corrected chi connectivity index (χ0v) is 16.7. The second-order valence-electron chi connectivity index (χ2n) is 7.02. The second-order valence-corrected chi connectivity index (χ2v) is 11.3. The van der Waals surface area contributed by atoms with Gasteiger partial charge >= 0.3 is 0 Å². The highest BCUT2D eigenvalue weighted by atomic mass is 32.2. The van der Waals surface area contributed by atoms with E-state index >= 15 is 0 Å². The summed E-state index contributed by atoms with van der Waals surface area (Å²) in [7, 11) is -7.29. The Labute approximate surface area is 159 Å². The van der Waals surface area contributed by atoms with Gasteiger partial charge in [0.25, 0.3) is 0 Å². The van der Waals surface area contributed by atoms with Crippen LogP contribution in [0.1, 0.15) is 19.8 Å². The largest absolute Gasteiger partial charge is 0.377 e. The maximum Gasteiger partial charge on any atom is 0.221 e. The van der Waals surface area contributed by atoms with Crippen molar-refractivity contribution >= 4 is 31.3 Å². The standard InChI is InChI=1S/C17H24N2O6S2/c1-12(20)19-13-4-6-15(7-5-13)27(23,24)17-11-26(21,22)10-16(17)18-9-14-3-2-8-25-14/h4-7,14,16-18H,2-3,8-11H2,1H3,(H,19,20)/t14-,16-,17-/m0/s1. The summed E-state index contributed by atoms with van der Waals surface area (Å²) in [5, 5.41) is 4.63. The molecule has 150 valence electrons. The Morgan fingerprint density at radius 1 is 1.22 bits per heavy atom. The molecule has 2 N–H and O–H groups in total. The molecule has 2 heterocycles. The molecule has 2 aliphatic rings. The number of hydrogen-bond acceptors (Lipinski definition) is 7. The zero-order valence-electron chi connectivity index (χ0n) is 15.1. The summed E-state index contributed by atoms with van der Waals surface area (Å²) in [5.74, 6) is -0.856. The van der Waals surface area contributed by atoms with Gasteiger partial charge in [-0.3, -0.25) is 4.79 Å². The van der Waals surface area contributed by atoms with Crippen LogP contribution in [0.3, 0.4) is 0 Å². The molecule has 1 aromatic carbocycles. The number of ether oxygens (including phenoxy) is 1. The first-order valence-electron chi connectivity index (χ1n) is 8.84. The second kappa shape index (κ2) is 7.86. The third-order valence-electron chi connectivity index (χ3n) is 4.83. The number of rotatable bonds is 6. The van der Waals surface area contributed by atoms with Crippen LogP contribution >= 0.6 is 0 Å². The predicted octanol–water partition coefficient (Wildman–Crippen LogP) is 0.353. The predicted molar refractivity (Wildman–Crippen MR) is 101 cm³/mol. The summed E-state index contributed by atoms with van der Waals surface area (Å²) in [4.78, 5) is 11.1. The quantitative estimate of drug-likeness (QED) is 0.687. The van der Waals surface area contributed by atoms with Gasteiger partial charge in [-0.05, 0) is 37.1 Å². The molecule has 10 heteroatoms. The van der Waals surface area contributed by atoms with Gasteiger partial charge in [-0.2, -0.15) is 0 Å². The summed E-state index contributed by atoms with van der Waals surface area (Å²) in [6.45, 7) is 2.48. The number of carbonyl (C=O) groups excluding carboxylic acids is 1. The van der Waals surface area contributed by atoms with Crippen LogP contribution in [0, 0.1) is 0 Å². The van der Waals surface area contributed by atoms with Crippen molar-refractivity contribution < 1.29 is 26.4 Å². The maximum atomic E-state index is 13.0. The SMILES string of the molecule is CC(=O)Nc1ccc(S(=O)(=O)[C@H]2CS(=O)(=O)C[C@@H]2NC[C@@H]2CCCO2)cc1. The maximum absolute atomic E-state index is 13.0. The Morgan fingerprint density at radius 2 is 1.93 bits per heavy atom. The summed E-state index contributed by atoms with van der Waals surface area (Å²) in [5.41, 5.74) is 0.480. The van der Waals surface area contributed by atoms with E-state index in [9.17, 15) is 21.6 Å². The minimum atomic E-state index is -3.85. The lowest BCUT2D eigenvalue weighted by Crippen LogP contribution is -2.45. The van der Waals surface area contributed by atoms with Crippen LogP contribution in [0.4, 0.5) is 5.69 Å². The van der Waals surface area contributed by atoms with Crippen molar-refractivity contribution in [2.75, 3.05) is 30.0 Å². The smallest absolute Gasteiger partial charge is 0.221 e. The molecule has 0 unspecified atom stereocenters.